The van der Waals surface area contributed by atoms with E-state index < -0.39 is 0 Å². The maximum atomic E-state index is 12.9. The number of rotatable bonds is 3. The number of imidazole rings is 1. The van der Waals surface area contributed by atoms with Gasteiger partial charge in [0.15, 0.2) is 0 Å². The summed E-state index contributed by atoms with van der Waals surface area (Å²) in [4.78, 5) is 22.5. The predicted molar refractivity (Wildman–Crippen MR) is 91.7 cm³/mol. The van der Waals surface area contributed by atoms with Crippen molar-refractivity contribution in [1.82, 2.24) is 14.9 Å². The molecule has 3 heterocycles. The van der Waals surface area contributed by atoms with Gasteiger partial charge in [0.1, 0.15) is 11.4 Å². The number of carbonyl (C=O) groups excluding carboxylic acids is 1. The molecule has 1 saturated heterocycles. The Morgan fingerprint density at radius 3 is 3.08 bits per heavy atom. The monoisotopic (exact) mass is 323 g/mol. The van der Waals surface area contributed by atoms with E-state index in [1.807, 2.05) is 37.1 Å². The van der Waals surface area contributed by atoms with Gasteiger partial charge in [0, 0.05) is 29.4 Å². The molecule has 1 N–H and O–H groups in total. The number of furan rings is 1. The van der Waals surface area contributed by atoms with Crippen LogP contribution in [-0.2, 0) is 11.2 Å². The van der Waals surface area contributed by atoms with Gasteiger partial charge in [-0.05, 0) is 38.3 Å². The number of amides is 1. The van der Waals surface area contributed by atoms with Crippen LogP contribution in [0.15, 0.2) is 35.1 Å². The first-order chi connectivity index (χ1) is 11.6. The van der Waals surface area contributed by atoms with E-state index in [1.165, 1.54) is 0 Å². The lowest BCUT2D eigenvalue weighted by atomic mass is 10.1. The quantitative estimate of drug-likeness (QED) is 0.800. The van der Waals surface area contributed by atoms with Gasteiger partial charge in [-0.15, -0.1) is 0 Å². The number of hydrogen-bond donors (Lipinski definition) is 1. The lowest BCUT2D eigenvalue weighted by Crippen LogP contribution is -2.32. The van der Waals surface area contributed by atoms with Gasteiger partial charge in [0.25, 0.3) is 0 Å². The number of benzene rings is 1. The SMILES string of the molecule is Cc1ccc2c(CC(=O)N3CCC[C@@H]3c3ncc(C)[nH]3)coc2c1. The molecular weight excluding hydrogens is 302 g/mol. The number of H-pyrrole nitrogens is 1. The molecule has 1 aromatic carbocycles. The molecule has 1 fully saturated rings. The Hall–Kier alpha value is -2.56. The summed E-state index contributed by atoms with van der Waals surface area (Å²) in [5.74, 6) is 1.03. The van der Waals surface area contributed by atoms with Crippen LogP contribution in [0.4, 0.5) is 0 Å². The van der Waals surface area contributed by atoms with Crippen LogP contribution in [0, 0.1) is 13.8 Å². The van der Waals surface area contributed by atoms with Gasteiger partial charge in [0.2, 0.25) is 5.91 Å². The van der Waals surface area contributed by atoms with Crippen molar-refractivity contribution in [3.8, 4) is 0 Å². The van der Waals surface area contributed by atoms with Crippen molar-refractivity contribution in [3.63, 3.8) is 0 Å². The Kier molecular flexibility index (Phi) is 3.63. The first-order valence-electron chi connectivity index (χ1n) is 8.39. The minimum absolute atomic E-state index is 0.0617. The molecule has 0 unspecified atom stereocenters. The highest BCUT2D eigenvalue weighted by Crippen LogP contribution is 2.31. The maximum Gasteiger partial charge on any atom is 0.227 e. The van der Waals surface area contributed by atoms with Crippen molar-refractivity contribution < 1.29 is 9.21 Å². The summed E-state index contributed by atoms with van der Waals surface area (Å²) < 4.78 is 5.62. The molecule has 0 aliphatic carbocycles. The third kappa shape index (κ3) is 2.60. The summed E-state index contributed by atoms with van der Waals surface area (Å²) in [7, 11) is 0. The van der Waals surface area contributed by atoms with E-state index in [2.05, 4.69) is 16.0 Å². The molecule has 1 amide bonds. The van der Waals surface area contributed by atoms with Gasteiger partial charge < -0.3 is 14.3 Å². The molecule has 4 rings (SSSR count). The highest BCUT2D eigenvalue weighted by Gasteiger charge is 2.32. The Bertz CT molecular complexity index is 893. The van der Waals surface area contributed by atoms with E-state index in [9.17, 15) is 4.79 Å². The fraction of sp³-hybridized carbons (Fsp3) is 0.368. The molecule has 1 atom stereocenters. The fourth-order valence-electron chi connectivity index (χ4n) is 3.54. The minimum Gasteiger partial charge on any atom is -0.464 e. The summed E-state index contributed by atoms with van der Waals surface area (Å²) in [5, 5.41) is 1.03. The van der Waals surface area contributed by atoms with E-state index >= 15 is 0 Å². The smallest absolute Gasteiger partial charge is 0.227 e. The van der Waals surface area contributed by atoms with Gasteiger partial charge >= 0.3 is 0 Å². The van der Waals surface area contributed by atoms with Crippen LogP contribution in [0.5, 0.6) is 0 Å². The number of likely N-dealkylation sites (tertiary alicyclic amines) is 1. The van der Waals surface area contributed by atoms with Crippen molar-refractivity contribution >= 4 is 16.9 Å². The fourth-order valence-corrected chi connectivity index (χ4v) is 3.54. The third-order valence-electron chi connectivity index (χ3n) is 4.76. The average molecular weight is 323 g/mol. The summed E-state index contributed by atoms with van der Waals surface area (Å²) in [6, 6.07) is 6.16. The normalized spacial score (nSPS) is 17.8. The van der Waals surface area contributed by atoms with Gasteiger partial charge in [0.05, 0.1) is 18.7 Å². The summed E-state index contributed by atoms with van der Waals surface area (Å²) in [5.41, 5.74) is 3.98. The molecular formula is C19H21N3O2. The Morgan fingerprint density at radius 1 is 1.42 bits per heavy atom. The standard InChI is InChI=1S/C19H21N3O2/c1-12-5-6-15-14(11-24-17(15)8-12)9-18(23)22-7-3-4-16(22)19-20-10-13(2)21-19/h5-6,8,10-11,16H,3-4,7,9H2,1-2H3,(H,20,21)/t16-/m1/s1. The Morgan fingerprint density at radius 2 is 2.29 bits per heavy atom. The molecule has 24 heavy (non-hydrogen) atoms. The van der Waals surface area contributed by atoms with Gasteiger partial charge in [-0.3, -0.25) is 4.79 Å². The van der Waals surface area contributed by atoms with Crippen LogP contribution in [0.2, 0.25) is 0 Å². The lowest BCUT2D eigenvalue weighted by Gasteiger charge is -2.23. The van der Waals surface area contributed by atoms with E-state index in [-0.39, 0.29) is 11.9 Å². The highest BCUT2D eigenvalue weighted by atomic mass is 16.3. The highest BCUT2D eigenvalue weighted by molar-refractivity contribution is 5.88. The lowest BCUT2D eigenvalue weighted by molar-refractivity contribution is -0.131. The molecule has 5 heteroatoms. The molecule has 5 nitrogen and oxygen atoms in total. The molecule has 1 aliphatic rings. The number of fused-ring (bicyclic) bond motifs is 1. The largest absolute Gasteiger partial charge is 0.464 e. The van der Waals surface area contributed by atoms with E-state index in [1.54, 1.807) is 6.26 Å². The second kappa shape index (κ2) is 5.82. The zero-order valence-electron chi connectivity index (χ0n) is 14.0. The van der Waals surface area contributed by atoms with Gasteiger partial charge in [-0.1, -0.05) is 12.1 Å². The summed E-state index contributed by atoms with van der Waals surface area (Å²) in [6.45, 7) is 4.81. The maximum absolute atomic E-state index is 12.9. The first-order valence-corrected chi connectivity index (χ1v) is 8.39. The molecule has 3 aromatic rings. The van der Waals surface area contributed by atoms with Gasteiger partial charge in [-0.25, -0.2) is 4.98 Å². The van der Waals surface area contributed by atoms with Crippen LogP contribution < -0.4 is 0 Å². The summed E-state index contributed by atoms with van der Waals surface area (Å²) in [6.07, 6.45) is 5.88. The molecule has 0 spiro atoms. The third-order valence-corrected chi connectivity index (χ3v) is 4.76. The number of hydrogen-bond acceptors (Lipinski definition) is 3. The topological polar surface area (TPSA) is 62.1 Å². The second-order valence-corrected chi connectivity index (χ2v) is 6.63. The van der Waals surface area contributed by atoms with Crippen LogP contribution in [-0.4, -0.2) is 27.3 Å². The molecule has 124 valence electrons. The Balaban J connectivity index is 1.56. The molecule has 0 radical (unpaired) electrons. The van der Waals surface area contributed by atoms with Crippen molar-refractivity contribution in [3.05, 3.63) is 53.3 Å². The zero-order valence-corrected chi connectivity index (χ0v) is 14.0. The number of nitrogens with one attached hydrogen (secondary N) is 1. The van der Waals surface area contributed by atoms with Crippen LogP contribution in [0.25, 0.3) is 11.0 Å². The second-order valence-electron chi connectivity index (χ2n) is 6.63. The number of carbonyl (C=O) groups is 1. The van der Waals surface area contributed by atoms with Crippen molar-refractivity contribution in [2.75, 3.05) is 6.54 Å². The van der Waals surface area contributed by atoms with Crippen LogP contribution in [0.3, 0.4) is 0 Å². The number of aryl methyl sites for hydroxylation is 2. The average Bonchev–Trinajstić information content (AvgIpc) is 3.26. The van der Waals surface area contributed by atoms with Crippen LogP contribution >= 0.6 is 0 Å². The van der Waals surface area contributed by atoms with Crippen molar-refractivity contribution in [1.29, 1.82) is 0 Å². The molecule has 2 aromatic heterocycles. The molecule has 0 bridgehead atoms. The Labute approximate surface area is 140 Å². The molecule has 1 aliphatic heterocycles. The van der Waals surface area contributed by atoms with Gasteiger partial charge in [-0.2, -0.15) is 0 Å². The van der Waals surface area contributed by atoms with Crippen LogP contribution in [0.1, 0.15) is 41.5 Å². The molecule has 0 saturated carbocycles. The number of aromatic amines is 1. The minimum atomic E-state index is 0.0617. The number of aromatic nitrogens is 2. The van der Waals surface area contributed by atoms with Crippen molar-refractivity contribution in [2.24, 2.45) is 0 Å². The van der Waals surface area contributed by atoms with E-state index in [0.717, 1.165) is 53.0 Å². The predicted octanol–water partition coefficient (Wildman–Crippen LogP) is 3.68. The number of nitrogens with zero attached hydrogens (tertiary/aromatic N) is 2. The van der Waals surface area contributed by atoms with Crippen molar-refractivity contribution in [2.45, 2.75) is 39.2 Å². The van der Waals surface area contributed by atoms with E-state index in [4.69, 9.17) is 4.42 Å². The van der Waals surface area contributed by atoms with E-state index in [0.29, 0.717) is 6.42 Å². The summed E-state index contributed by atoms with van der Waals surface area (Å²) >= 11 is 0. The zero-order chi connectivity index (χ0) is 16.7. The first kappa shape index (κ1) is 15.0.